The molecule has 0 radical (unpaired) electrons. The summed E-state index contributed by atoms with van der Waals surface area (Å²) in [5, 5.41) is 3.25. The van der Waals surface area contributed by atoms with E-state index in [-0.39, 0.29) is 5.25 Å². The highest BCUT2D eigenvalue weighted by Gasteiger charge is 2.34. The van der Waals surface area contributed by atoms with E-state index in [0.29, 0.717) is 25.0 Å². The number of rotatable bonds is 6. The number of aromatic nitrogens is 1. The first kappa shape index (κ1) is 17.4. The lowest BCUT2D eigenvalue weighted by molar-refractivity contribution is 0.200. The first-order chi connectivity index (χ1) is 10.4. The van der Waals surface area contributed by atoms with Crippen LogP contribution in [0.3, 0.4) is 0 Å². The first-order valence-corrected chi connectivity index (χ1v) is 9.56. The van der Waals surface area contributed by atoms with Gasteiger partial charge in [-0.05, 0) is 43.9 Å². The Morgan fingerprint density at radius 1 is 1.36 bits per heavy atom. The predicted molar refractivity (Wildman–Crippen MR) is 88.9 cm³/mol. The molecular formula is C16H27N3O2S. The van der Waals surface area contributed by atoms with Crippen molar-refractivity contribution >= 4 is 10.0 Å². The second kappa shape index (κ2) is 7.53. The van der Waals surface area contributed by atoms with Gasteiger partial charge in [0.1, 0.15) is 0 Å². The van der Waals surface area contributed by atoms with E-state index in [1.54, 1.807) is 30.5 Å². The molecule has 2 rings (SSSR count). The molecule has 1 N–H and O–H groups in total. The molecule has 1 aliphatic rings. The van der Waals surface area contributed by atoms with E-state index in [1.807, 2.05) is 12.1 Å². The number of sulfonamides is 1. The SMILES string of the molecule is CC[C@H]1CN(S(=O)(=O)C(C)C)CC[C@H]1NCc1ccncc1. The molecule has 0 bridgehead atoms. The monoisotopic (exact) mass is 325 g/mol. The number of nitrogens with zero attached hydrogens (tertiary/aromatic N) is 2. The van der Waals surface area contributed by atoms with Crippen LogP contribution in [0.25, 0.3) is 0 Å². The van der Waals surface area contributed by atoms with Gasteiger partial charge in [0, 0.05) is 38.1 Å². The molecule has 1 aromatic heterocycles. The van der Waals surface area contributed by atoms with Gasteiger partial charge in [-0.15, -0.1) is 0 Å². The zero-order valence-electron chi connectivity index (χ0n) is 13.7. The summed E-state index contributed by atoms with van der Waals surface area (Å²) < 4.78 is 26.3. The lowest BCUT2D eigenvalue weighted by Crippen LogP contribution is -2.51. The van der Waals surface area contributed by atoms with Gasteiger partial charge in [-0.25, -0.2) is 12.7 Å². The Morgan fingerprint density at radius 2 is 2.05 bits per heavy atom. The second-order valence-corrected chi connectivity index (χ2v) is 8.74. The van der Waals surface area contributed by atoms with Crippen LogP contribution in [0.5, 0.6) is 0 Å². The fraction of sp³-hybridized carbons (Fsp3) is 0.688. The summed E-state index contributed by atoms with van der Waals surface area (Å²) in [6.45, 7) is 7.70. The fourth-order valence-corrected chi connectivity index (χ4v) is 4.32. The molecule has 0 saturated carbocycles. The van der Waals surface area contributed by atoms with Gasteiger partial charge in [0.05, 0.1) is 5.25 Å². The van der Waals surface area contributed by atoms with Crippen molar-refractivity contribution < 1.29 is 8.42 Å². The lowest BCUT2D eigenvalue weighted by Gasteiger charge is -2.38. The van der Waals surface area contributed by atoms with Crippen molar-refractivity contribution in [1.29, 1.82) is 0 Å². The normalized spacial score (nSPS) is 23.8. The van der Waals surface area contributed by atoms with E-state index >= 15 is 0 Å². The average Bonchev–Trinajstić information content (AvgIpc) is 2.53. The predicted octanol–water partition coefficient (Wildman–Crippen LogP) is 2.01. The minimum Gasteiger partial charge on any atom is -0.310 e. The average molecular weight is 325 g/mol. The largest absolute Gasteiger partial charge is 0.310 e. The minimum absolute atomic E-state index is 0.341. The van der Waals surface area contributed by atoms with Crippen molar-refractivity contribution in [1.82, 2.24) is 14.6 Å². The summed E-state index contributed by atoms with van der Waals surface area (Å²) in [7, 11) is -3.14. The maximum atomic E-state index is 12.3. The Kier molecular flexibility index (Phi) is 5.94. The molecule has 2 heterocycles. The highest BCUT2D eigenvalue weighted by atomic mass is 32.2. The molecule has 1 aromatic rings. The highest BCUT2D eigenvalue weighted by molar-refractivity contribution is 7.89. The van der Waals surface area contributed by atoms with E-state index in [4.69, 9.17) is 0 Å². The van der Waals surface area contributed by atoms with E-state index in [9.17, 15) is 8.42 Å². The maximum absolute atomic E-state index is 12.3. The summed E-state index contributed by atoms with van der Waals surface area (Å²) in [5.74, 6) is 0.365. The van der Waals surface area contributed by atoms with Gasteiger partial charge in [-0.1, -0.05) is 13.3 Å². The molecule has 2 atom stereocenters. The molecule has 5 nitrogen and oxygen atoms in total. The summed E-state index contributed by atoms with van der Waals surface area (Å²) in [5.41, 5.74) is 1.21. The molecule has 0 aromatic carbocycles. The van der Waals surface area contributed by atoms with Crippen molar-refractivity contribution in [3.63, 3.8) is 0 Å². The minimum atomic E-state index is -3.14. The van der Waals surface area contributed by atoms with Crippen LogP contribution < -0.4 is 5.32 Å². The third-order valence-corrected chi connectivity index (χ3v) is 6.74. The van der Waals surface area contributed by atoms with Crippen LogP contribution in [0, 0.1) is 5.92 Å². The molecule has 0 spiro atoms. The topological polar surface area (TPSA) is 62.3 Å². The summed E-state index contributed by atoms with van der Waals surface area (Å²) >= 11 is 0. The zero-order chi connectivity index (χ0) is 16.2. The van der Waals surface area contributed by atoms with Crippen LogP contribution in [-0.4, -0.2) is 42.1 Å². The molecule has 0 amide bonds. The van der Waals surface area contributed by atoms with Gasteiger partial charge in [0.25, 0.3) is 0 Å². The number of pyridine rings is 1. The maximum Gasteiger partial charge on any atom is 0.216 e. The van der Waals surface area contributed by atoms with Crippen LogP contribution in [-0.2, 0) is 16.6 Å². The Hall–Kier alpha value is -0.980. The quantitative estimate of drug-likeness (QED) is 0.869. The molecular weight excluding hydrogens is 298 g/mol. The first-order valence-electron chi connectivity index (χ1n) is 8.06. The van der Waals surface area contributed by atoms with E-state index < -0.39 is 10.0 Å². The zero-order valence-corrected chi connectivity index (χ0v) is 14.5. The molecule has 1 aliphatic heterocycles. The van der Waals surface area contributed by atoms with Gasteiger partial charge >= 0.3 is 0 Å². The van der Waals surface area contributed by atoms with Crippen LogP contribution >= 0.6 is 0 Å². The van der Waals surface area contributed by atoms with Crippen LogP contribution in [0.1, 0.15) is 39.2 Å². The van der Waals surface area contributed by atoms with Crippen molar-refractivity contribution in [2.24, 2.45) is 5.92 Å². The van der Waals surface area contributed by atoms with Gasteiger partial charge in [0.2, 0.25) is 10.0 Å². The molecule has 1 saturated heterocycles. The molecule has 6 heteroatoms. The Bertz CT molecular complexity index is 560. The van der Waals surface area contributed by atoms with Crippen molar-refractivity contribution in [2.45, 2.75) is 51.4 Å². The Labute approximate surface area is 134 Å². The van der Waals surface area contributed by atoms with Crippen molar-refractivity contribution in [2.75, 3.05) is 13.1 Å². The molecule has 1 fully saturated rings. The molecule has 22 heavy (non-hydrogen) atoms. The van der Waals surface area contributed by atoms with Crippen LogP contribution in [0.4, 0.5) is 0 Å². The number of piperidine rings is 1. The van der Waals surface area contributed by atoms with Crippen molar-refractivity contribution in [3.05, 3.63) is 30.1 Å². The summed E-state index contributed by atoms with van der Waals surface area (Å²) in [4.78, 5) is 4.02. The number of hydrogen-bond donors (Lipinski definition) is 1. The standard InChI is InChI=1S/C16H27N3O2S/c1-4-15-12-19(22(20,21)13(2)3)10-7-16(15)18-11-14-5-8-17-9-6-14/h5-6,8-9,13,15-16,18H,4,7,10-12H2,1-3H3/t15-,16+/m0/s1. The fourth-order valence-electron chi connectivity index (χ4n) is 2.96. The van der Waals surface area contributed by atoms with E-state index in [0.717, 1.165) is 19.4 Å². The smallest absolute Gasteiger partial charge is 0.216 e. The Morgan fingerprint density at radius 3 is 2.64 bits per heavy atom. The third kappa shape index (κ3) is 4.06. The molecule has 124 valence electrons. The molecule has 0 aliphatic carbocycles. The summed E-state index contributed by atoms with van der Waals surface area (Å²) in [6.07, 6.45) is 5.45. The van der Waals surface area contributed by atoms with Crippen molar-refractivity contribution in [3.8, 4) is 0 Å². The highest BCUT2D eigenvalue weighted by Crippen LogP contribution is 2.24. The lowest BCUT2D eigenvalue weighted by atomic mass is 9.91. The number of hydrogen-bond acceptors (Lipinski definition) is 4. The van der Waals surface area contributed by atoms with Crippen LogP contribution in [0.15, 0.2) is 24.5 Å². The third-order valence-electron chi connectivity index (χ3n) is 4.49. The van der Waals surface area contributed by atoms with Gasteiger partial charge in [0.15, 0.2) is 0 Å². The Balaban J connectivity index is 1.96. The van der Waals surface area contributed by atoms with Gasteiger partial charge in [-0.3, -0.25) is 4.98 Å². The molecule has 0 unspecified atom stereocenters. The second-order valence-electron chi connectivity index (χ2n) is 6.25. The number of nitrogens with one attached hydrogen (secondary N) is 1. The van der Waals surface area contributed by atoms with Gasteiger partial charge in [-0.2, -0.15) is 0 Å². The van der Waals surface area contributed by atoms with Gasteiger partial charge < -0.3 is 5.32 Å². The van der Waals surface area contributed by atoms with E-state index in [1.165, 1.54) is 5.56 Å². The van der Waals surface area contributed by atoms with E-state index in [2.05, 4.69) is 17.2 Å². The summed E-state index contributed by atoms with van der Waals surface area (Å²) in [6, 6.07) is 4.38. The van der Waals surface area contributed by atoms with Crippen LogP contribution in [0.2, 0.25) is 0 Å².